The lowest BCUT2D eigenvalue weighted by Gasteiger charge is -2.31. The van der Waals surface area contributed by atoms with Crippen LogP contribution in [-0.2, 0) is 12.1 Å². The Morgan fingerprint density at radius 2 is 2.14 bits per heavy atom. The second-order valence-electron chi connectivity index (χ2n) is 6.68. The first kappa shape index (κ1) is 18.9. The molecule has 29 heavy (non-hydrogen) atoms. The number of anilines is 1. The number of hydrogen-bond acceptors (Lipinski definition) is 6. The van der Waals surface area contributed by atoms with E-state index >= 15 is 0 Å². The summed E-state index contributed by atoms with van der Waals surface area (Å²) in [6.45, 7) is 2.12. The average Bonchev–Trinajstić information content (AvgIpc) is 3.16. The SMILES string of the molecule is C[C@]1(c2cc(NNC(=O)c3ccc(Cl)cn3)ccc2F)N=C(N)Cn2nccc21. The lowest BCUT2D eigenvalue weighted by atomic mass is 9.87. The van der Waals surface area contributed by atoms with E-state index in [0.29, 0.717) is 28.7 Å². The van der Waals surface area contributed by atoms with E-state index in [1.54, 1.807) is 36.0 Å². The average molecular weight is 414 g/mol. The number of rotatable bonds is 4. The number of carbonyl (C=O) groups excluding carboxylic acids is 1. The summed E-state index contributed by atoms with van der Waals surface area (Å²) in [7, 11) is 0. The van der Waals surface area contributed by atoms with Gasteiger partial charge in [-0.05, 0) is 43.3 Å². The highest BCUT2D eigenvalue weighted by Crippen LogP contribution is 2.38. The van der Waals surface area contributed by atoms with Gasteiger partial charge < -0.3 is 5.73 Å². The van der Waals surface area contributed by atoms with E-state index in [9.17, 15) is 9.18 Å². The van der Waals surface area contributed by atoms with E-state index in [2.05, 4.69) is 25.9 Å². The summed E-state index contributed by atoms with van der Waals surface area (Å²) in [5.41, 5.74) is 11.9. The van der Waals surface area contributed by atoms with Crippen LogP contribution in [0.4, 0.5) is 10.1 Å². The Morgan fingerprint density at radius 3 is 2.90 bits per heavy atom. The Labute approximate surface area is 170 Å². The minimum Gasteiger partial charge on any atom is -0.386 e. The van der Waals surface area contributed by atoms with Crippen molar-refractivity contribution in [3.8, 4) is 0 Å². The van der Waals surface area contributed by atoms with Crippen molar-refractivity contribution < 1.29 is 9.18 Å². The van der Waals surface area contributed by atoms with Gasteiger partial charge in [-0.1, -0.05) is 11.6 Å². The third kappa shape index (κ3) is 3.52. The highest BCUT2D eigenvalue weighted by atomic mass is 35.5. The van der Waals surface area contributed by atoms with Gasteiger partial charge in [0.05, 0.1) is 22.9 Å². The molecule has 4 rings (SSSR count). The number of benzene rings is 1. The predicted molar refractivity (Wildman–Crippen MR) is 107 cm³/mol. The first-order chi connectivity index (χ1) is 13.9. The third-order valence-electron chi connectivity index (χ3n) is 4.67. The zero-order chi connectivity index (χ0) is 20.6. The number of aliphatic imine (C=N–C) groups is 1. The van der Waals surface area contributed by atoms with Crippen molar-refractivity contribution in [3.63, 3.8) is 0 Å². The normalized spacial score (nSPS) is 18.0. The minimum atomic E-state index is -1.05. The molecule has 0 aliphatic carbocycles. The van der Waals surface area contributed by atoms with Gasteiger partial charge in [0.15, 0.2) is 0 Å². The Bertz CT molecular complexity index is 1110. The van der Waals surface area contributed by atoms with Crippen LogP contribution in [0.1, 0.15) is 28.7 Å². The predicted octanol–water partition coefficient (Wildman–Crippen LogP) is 2.46. The number of hydrazine groups is 1. The molecular weight excluding hydrogens is 397 g/mol. The summed E-state index contributed by atoms with van der Waals surface area (Å²) < 4.78 is 16.4. The minimum absolute atomic E-state index is 0.185. The molecule has 0 unspecified atom stereocenters. The lowest BCUT2D eigenvalue weighted by Crippen LogP contribution is -2.37. The Hall–Kier alpha value is -3.46. The molecule has 3 heterocycles. The number of carbonyl (C=O) groups is 1. The van der Waals surface area contributed by atoms with Gasteiger partial charge in [0, 0.05) is 18.0 Å². The quantitative estimate of drug-likeness (QED) is 0.569. The van der Waals surface area contributed by atoms with Crippen LogP contribution in [-0.4, -0.2) is 26.5 Å². The molecule has 2 aromatic heterocycles. The first-order valence-corrected chi connectivity index (χ1v) is 9.09. The molecule has 10 heteroatoms. The number of nitrogens with zero attached hydrogens (tertiary/aromatic N) is 4. The standard InChI is InChI=1S/C19H17ClFN7O/c1-19(16-6-7-24-28(16)10-17(22)25-19)13-8-12(3-4-14(13)21)26-27-18(29)15-5-2-11(20)9-23-15/h2-9,26H,10H2,1H3,(H2,22,25)(H,27,29)/t19-/m1/s1. The molecule has 1 aliphatic heterocycles. The Balaban J connectivity index is 1.61. The van der Waals surface area contributed by atoms with Crippen LogP contribution in [0.2, 0.25) is 5.02 Å². The second-order valence-corrected chi connectivity index (χ2v) is 7.12. The van der Waals surface area contributed by atoms with Gasteiger partial charge >= 0.3 is 0 Å². The highest BCUT2D eigenvalue weighted by molar-refractivity contribution is 6.30. The Morgan fingerprint density at radius 1 is 1.31 bits per heavy atom. The monoisotopic (exact) mass is 413 g/mol. The summed E-state index contributed by atoms with van der Waals surface area (Å²) >= 11 is 5.78. The van der Waals surface area contributed by atoms with E-state index < -0.39 is 17.3 Å². The fraction of sp³-hybridized carbons (Fsp3) is 0.158. The van der Waals surface area contributed by atoms with Gasteiger partial charge in [0.1, 0.15) is 22.9 Å². The second kappa shape index (κ2) is 7.17. The Kier molecular flexibility index (Phi) is 4.67. The van der Waals surface area contributed by atoms with Crippen molar-refractivity contribution in [1.29, 1.82) is 0 Å². The number of amides is 1. The van der Waals surface area contributed by atoms with Crippen LogP contribution in [0.5, 0.6) is 0 Å². The van der Waals surface area contributed by atoms with Gasteiger partial charge in [0.2, 0.25) is 0 Å². The maximum Gasteiger partial charge on any atom is 0.288 e. The van der Waals surface area contributed by atoms with Crippen LogP contribution in [0, 0.1) is 5.82 Å². The number of fused-ring (bicyclic) bond motifs is 1. The molecule has 8 nitrogen and oxygen atoms in total. The number of halogens is 2. The van der Waals surface area contributed by atoms with Crippen LogP contribution < -0.4 is 16.6 Å². The number of aromatic nitrogens is 3. The number of nitrogens with one attached hydrogen (secondary N) is 2. The lowest BCUT2D eigenvalue weighted by molar-refractivity contribution is 0.0958. The molecule has 0 bridgehead atoms. The maximum atomic E-state index is 14.8. The molecule has 0 radical (unpaired) electrons. The molecule has 148 valence electrons. The van der Waals surface area contributed by atoms with E-state index in [0.717, 1.165) is 5.69 Å². The van der Waals surface area contributed by atoms with Crippen molar-refractivity contribution in [1.82, 2.24) is 20.2 Å². The highest BCUT2D eigenvalue weighted by Gasteiger charge is 2.37. The number of pyridine rings is 1. The molecule has 3 aromatic rings. The van der Waals surface area contributed by atoms with Crippen molar-refractivity contribution in [3.05, 3.63) is 76.6 Å². The molecular formula is C19H17ClFN7O. The molecule has 1 aromatic carbocycles. The molecule has 1 atom stereocenters. The topological polar surface area (TPSA) is 110 Å². The third-order valence-corrected chi connectivity index (χ3v) is 4.89. The van der Waals surface area contributed by atoms with E-state index in [-0.39, 0.29) is 5.69 Å². The smallest absolute Gasteiger partial charge is 0.288 e. The van der Waals surface area contributed by atoms with Crippen LogP contribution in [0.15, 0.2) is 53.8 Å². The van der Waals surface area contributed by atoms with Crippen molar-refractivity contribution in [2.24, 2.45) is 10.7 Å². The van der Waals surface area contributed by atoms with Gasteiger partial charge in [-0.3, -0.25) is 25.3 Å². The van der Waals surface area contributed by atoms with Gasteiger partial charge in [-0.25, -0.2) is 9.37 Å². The van der Waals surface area contributed by atoms with Crippen LogP contribution in [0.3, 0.4) is 0 Å². The molecule has 0 spiro atoms. The van der Waals surface area contributed by atoms with Crippen LogP contribution in [0.25, 0.3) is 0 Å². The largest absolute Gasteiger partial charge is 0.386 e. The van der Waals surface area contributed by atoms with Gasteiger partial charge in [-0.2, -0.15) is 5.10 Å². The molecule has 1 amide bonds. The molecule has 0 fully saturated rings. The number of amidine groups is 1. The van der Waals surface area contributed by atoms with Crippen molar-refractivity contribution in [2.75, 3.05) is 5.43 Å². The fourth-order valence-electron chi connectivity index (χ4n) is 3.28. The van der Waals surface area contributed by atoms with Crippen molar-refractivity contribution in [2.45, 2.75) is 19.0 Å². The summed E-state index contributed by atoms with van der Waals surface area (Å²) in [4.78, 5) is 20.7. The maximum absolute atomic E-state index is 14.8. The summed E-state index contributed by atoms with van der Waals surface area (Å²) in [6.07, 6.45) is 3.00. The molecule has 1 aliphatic rings. The van der Waals surface area contributed by atoms with Crippen molar-refractivity contribution >= 4 is 29.0 Å². The molecule has 0 saturated heterocycles. The van der Waals surface area contributed by atoms with Gasteiger partial charge in [-0.15, -0.1) is 0 Å². The summed E-state index contributed by atoms with van der Waals surface area (Å²) in [5.74, 6) is -0.560. The van der Waals surface area contributed by atoms with E-state index in [1.807, 2.05) is 0 Å². The molecule has 0 saturated carbocycles. The number of nitrogens with two attached hydrogens (primary N) is 1. The van der Waals surface area contributed by atoms with Crippen LogP contribution >= 0.6 is 11.6 Å². The van der Waals surface area contributed by atoms with E-state index in [4.69, 9.17) is 17.3 Å². The first-order valence-electron chi connectivity index (χ1n) is 8.71. The van der Waals surface area contributed by atoms with Gasteiger partial charge in [0.25, 0.3) is 5.91 Å². The zero-order valence-electron chi connectivity index (χ0n) is 15.4. The number of hydrogen-bond donors (Lipinski definition) is 3. The summed E-state index contributed by atoms with van der Waals surface area (Å²) in [6, 6.07) is 9.22. The van der Waals surface area contributed by atoms with E-state index in [1.165, 1.54) is 24.4 Å². The fourth-order valence-corrected chi connectivity index (χ4v) is 3.39. The zero-order valence-corrected chi connectivity index (χ0v) is 16.1. The summed E-state index contributed by atoms with van der Waals surface area (Å²) in [5, 5.41) is 4.65. The molecule has 4 N–H and O–H groups in total.